The first-order chi connectivity index (χ1) is 7.72. The third kappa shape index (κ3) is 3.24. The van der Waals surface area contributed by atoms with Crippen molar-refractivity contribution in [2.45, 2.75) is 46.1 Å². The molecular weight excluding hydrogens is 198 g/mol. The van der Waals surface area contributed by atoms with Gasteiger partial charge in [0.1, 0.15) is 5.75 Å². The van der Waals surface area contributed by atoms with Crippen molar-refractivity contribution >= 4 is 0 Å². The fourth-order valence-corrected chi connectivity index (χ4v) is 1.78. The van der Waals surface area contributed by atoms with Crippen molar-refractivity contribution in [1.29, 1.82) is 0 Å². The minimum atomic E-state index is 0.148. The van der Waals surface area contributed by atoms with E-state index in [0.29, 0.717) is 0 Å². The Morgan fingerprint density at radius 3 is 2.56 bits per heavy atom. The van der Waals surface area contributed by atoms with Gasteiger partial charge >= 0.3 is 0 Å². The van der Waals surface area contributed by atoms with Crippen molar-refractivity contribution in [2.75, 3.05) is 6.61 Å². The van der Waals surface area contributed by atoms with E-state index >= 15 is 0 Å². The Hall–Kier alpha value is -1.02. The van der Waals surface area contributed by atoms with E-state index in [2.05, 4.69) is 32.9 Å². The predicted octanol–water partition coefficient (Wildman–Crippen LogP) is 3.45. The summed E-state index contributed by atoms with van der Waals surface area (Å²) in [5, 5.41) is 0. The van der Waals surface area contributed by atoms with Gasteiger partial charge in [0, 0.05) is 6.04 Å². The van der Waals surface area contributed by atoms with Crippen LogP contribution in [-0.4, -0.2) is 6.61 Å². The number of hydrogen-bond donors (Lipinski definition) is 1. The largest absolute Gasteiger partial charge is 0.494 e. The van der Waals surface area contributed by atoms with Crippen LogP contribution in [0.25, 0.3) is 0 Å². The van der Waals surface area contributed by atoms with Crippen molar-refractivity contribution < 1.29 is 4.74 Å². The summed E-state index contributed by atoms with van der Waals surface area (Å²) in [5.41, 5.74) is 8.65. The Morgan fingerprint density at radius 2 is 2.00 bits per heavy atom. The summed E-state index contributed by atoms with van der Waals surface area (Å²) in [7, 11) is 0. The predicted molar refractivity (Wildman–Crippen MR) is 68.8 cm³/mol. The Balaban J connectivity index is 2.88. The summed E-state index contributed by atoms with van der Waals surface area (Å²) in [6, 6.07) is 6.41. The molecule has 1 unspecified atom stereocenters. The molecule has 0 aromatic heterocycles. The SMILES string of the molecule is CCCOc1ccc(C(N)CC)c(CC)c1. The standard InChI is InChI=1S/C14H23NO/c1-4-9-16-12-7-8-13(14(15)6-3)11(5-2)10-12/h7-8,10,14H,4-6,9,15H2,1-3H3. The van der Waals surface area contributed by atoms with E-state index in [1.54, 1.807) is 0 Å². The molecule has 0 bridgehead atoms. The van der Waals surface area contributed by atoms with Gasteiger partial charge in [-0.15, -0.1) is 0 Å². The molecule has 0 saturated heterocycles. The Labute approximate surface area is 98.8 Å². The molecular formula is C14H23NO. The van der Waals surface area contributed by atoms with Gasteiger partial charge in [0.25, 0.3) is 0 Å². The molecule has 1 rings (SSSR count). The number of hydrogen-bond acceptors (Lipinski definition) is 2. The average Bonchev–Trinajstić information content (AvgIpc) is 2.34. The molecule has 0 heterocycles. The van der Waals surface area contributed by atoms with E-state index in [0.717, 1.165) is 31.6 Å². The topological polar surface area (TPSA) is 35.2 Å². The Kier molecular flexibility index (Phi) is 5.33. The molecule has 0 aliphatic rings. The summed E-state index contributed by atoms with van der Waals surface area (Å²) in [4.78, 5) is 0. The monoisotopic (exact) mass is 221 g/mol. The zero-order valence-electron chi connectivity index (χ0n) is 10.6. The first kappa shape index (κ1) is 13.0. The Bertz CT molecular complexity index is 323. The van der Waals surface area contributed by atoms with E-state index < -0.39 is 0 Å². The third-order valence-corrected chi connectivity index (χ3v) is 2.81. The molecule has 16 heavy (non-hydrogen) atoms. The van der Waals surface area contributed by atoms with E-state index in [1.165, 1.54) is 11.1 Å². The first-order valence-corrected chi connectivity index (χ1v) is 6.24. The summed E-state index contributed by atoms with van der Waals surface area (Å²) < 4.78 is 5.63. The zero-order valence-corrected chi connectivity index (χ0v) is 10.6. The second-order valence-corrected chi connectivity index (χ2v) is 4.08. The quantitative estimate of drug-likeness (QED) is 0.798. The fraction of sp³-hybridized carbons (Fsp3) is 0.571. The molecule has 90 valence electrons. The van der Waals surface area contributed by atoms with Crippen LogP contribution in [0.2, 0.25) is 0 Å². The van der Waals surface area contributed by atoms with Crippen LogP contribution in [0.5, 0.6) is 5.75 Å². The lowest BCUT2D eigenvalue weighted by Crippen LogP contribution is -2.11. The molecule has 0 amide bonds. The van der Waals surface area contributed by atoms with Gasteiger partial charge in [-0.3, -0.25) is 0 Å². The fourth-order valence-electron chi connectivity index (χ4n) is 1.78. The number of ether oxygens (including phenoxy) is 1. The maximum Gasteiger partial charge on any atom is 0.119 e. The summed E-state index contributed by atoms with van der Waals surface area (Å²) in [5.74, 6) is 0.964. The molecule has 0 fully saturated rings. The van der Waals surface area contributed by atoms with Crippen molar-refractivity contribution in [3.63, 3.8) is 0 Å². The highest BCUT2D eigenvalue weighted by atomic mass is 16.5. The van der Waals surface area contributed by atoms with Crippen LogP contribution in [0.3, 0.4) is 0 Å². The third-order valence-electron chi connectivity index (χ3n) is 2.81. The van der Waals surface area contributed by atoms with Crippen molar-refractivity contribution in [1.82, 2.24) is 0 Å². The maximum atomic E-state index is 6.08. The summed E-state index contributed by atoms with van der Waals surface area (Å²) in [6.45, 7) is 7.17. The highest BCUT2D eigenvalue weighted by Gasteiger charge is 2.09. The van der Waals surface area contributed by atoms with E-state index in [1.807, 2.05) is 6.07 Å². The van der Waals surface area contributed by atoms with Crippen LogP contribution >= 0.6 is 0 Å². The maximum absolute atomic E-state index is 6.08. The number of nitrogens with two attached hydrogens (primary N) is 1. The molecule has 0 aliphatic heterocycles. The number of benzene rings is 1. The molecule has 0 radical (unpaired) electrons. The smallest absolute Gasteiger partial charge is 0.119 e. The summed E-state index contributed by atoms with van der Waals surface area (Å²) in [6.07, 6.45) is 3.02. The van der Waals surface area contributed by atoms with Crippen LogP contribution in [0.4, 0.5) is 0 Å². The molecule has 0 saturated carbocycles. The lowest BCUT2D eigenvalue weighted by atomic mass is 9.97. The second-order valence-electron chi connectivity index (χ2n) is 4.08. The van der Waals surface area contributed by atoms with Crippen molar-refractivity contribution in [2.24, 2.45) is 5.73 Å². The van der Waals surface area contributed by atoms with Gasteiger partial charge in [-0.1, -0.05) is 26.8 Å². The minimum Gasteiger partial charge on any atom is -0.494 e. The molecule has 1 aromatic rings. The molecule has 2 nitrogen and oxygen atoms in total. The van der Waals surface area contributed by atoms with Crippen LogP contribution in [0, 0.1) is 0 Å². The van der Waals surface area contributed by atoms with E-state index in [9.17, 15) is 0 Å². The van der Waals surface area contributed by atoms with Crippen molar-refractivity contribution in [3.05, 3.63) is 29.3 Å². The average molecular weight is 221 g/mol. The lowest BCUT2D eigenvalue weighted by molar-refractivity contribution is 0.317. The van der Waals surface area contributed by atoms with Gasteiger partial charge in [0.05, 0.1) is 6.61 Å². The molecule has 1 atom stereocenters. The normalized spacial score (nSPS) is 12.5. The van der Waals surface area contributed by atoms with Gasteiger partial charge in [-0.05, 0) is 42.5 Å². The lowest BCUT2D eigenvalue weighted by Gasteiger charge is -2.15. The van der Waals surface area contributed by atoms with Gasteiger partial charge in [0.2, 0.25) is 0 Å². The van der Waals surface area contributed by atoms with Crippen LogP contribution in [0.1, 0.15) is 50.8 Å². The van der Waals surface area contributed by atoms with E-state index in [-0.39, 0.29) is 6.04 Å². The first-order valence-electron chi connectivity index (χ1n) is 6.24. The van der Waals surface area contributed by atoms with E-state index in [4.69, 9.17) is 10.5 Å². The Morgan fingerprint density at radius 1 is 1.25 bits per heavy atom. The molecule has 0 spiro atoms. The van der Waals surface area contributed by atoms with Crippen molar-refractivity contribution in [3.8, 4) is 5.75 Å². The second kappa shape index (κ2) is 6.54. The van der Waals surface area contributed by atoms with Crippen LogP contribution in [-0.2, 0) is 6.42 Å². The molecule has 0 aliphatic carbocycles. The highest BCUT2D eigenvalue weighted by molar-refractivity contribution is 5.37. The van der Waals surface area contributed by atoms with Gasteiger partial charge in [-0.25, -0.2) is 0 Å². The van der Waals surface area contributed by atoms with Gasteiger partial charge < -0.3 is 10.5 Å². The van der Waals surface area contributed by atoms with Crippen LogP contribution < -0.4 is 10.5 Å². The molecule has 2 N–H and O–H groups in total. The van der Waals surface area contributed by atoms with Crippen LogP contribution in [0.15, 0.2) is 18.2 Å². The molecule has 2 heteroatoms. The minimum absolute atomic E-state index is 0.148. The van der Waals surface area contributed by atoms with Gasteiger partial charge in [0.15, 0.2) is 0 Å². The molecule has 1 aromatic carbocycles. The number of rotatable bonds is 6. The zero-order chi connectivity index (χ0) is 12.0. The summed E-state index contributed by atoms with van der Waals surface area (Å²) >= 11 is 0. The number of aryl methyl sites for hydroxylation is 1. The highest BCUT2D eigenvalue weighted by Crippen LogP contribution is 2.24. The van der Waals surface area contributed by atoms with Gasteiger partial charge in [-0.2, -0.15) is 0 Å².